The van der Waals surface area contributed by atoms with Gasteiger partial charge < -0.3 is 15.3 Å². The van der Waals surface area contributed by atoms with Gasteiger partial charge in [0.2, 0.25) is 5.91 Å². The molecular weight excluding hydrogens is 443 g/mol. The van der Waals surface area contributed by atoms with Crippen LogP contribution in [0, 0.1) is 0 Å². The minimum absolute atomic E-state index is 0.239. The number of alkyl halides is 3. The van der Waals surface area contributed by atoms with Crippen molar-refractivity contribution in [1.82, 2.24) is 15.2 Å². The van der Waals surface area contributed by atoms with Gasteiger partial charge in [-0.1, -0.05) is 30.3 Å². The summed E-state index contributed by atoms with van der Waals surface area (Å²) in [7, 11) is 0. The molecule has 0 aliphatic carbocycles. The number of aromatic amines is 1. The monoisotopic (exact) mass is 463 g/mol. The Morgan fingerprint density at radius 1 is 1.19 bits per heavy atom. The summed E-state index contributed by atoms with van der Waals surface area (Å²) in [6, 6.07) is 9.84. The summed E-state index contributed by atoms with van der Waals surface area (Å²) < 4.78 is 41.2. The van der Waals surface area contributed by atoms with Crippen LogP contribution in [-0.2, 0) is 10.4 Å². The van der Waals surface area contributed by atoms with Gasteiger partial charge in [0.25, 0.3) is 0 Å². The zero-order valence-electron chi connectivity index (χ0n) is 16.8. The summed E-state index contributed by atoms with van der Waals surface area (Å²) in [6.07, 6.45) is -4.93. The minimum atomic E-state index is -4.99. The molecule has 168 valence electrons. The van der Waals surface area contributed by atoms with E-state index in [1.54, 1.807) is 0 Å². The molecule has 2 aliphatic rings. The minimum Gasteiger partial charge on any atom is -0.376 e. The van der Waals surface area contributed by atoms with Crippen LogP contribution in [0.2, 0.25) is 0 Å². The lowest BCUT2D eigenvalue weighted by molar-refractivity contribution is -0.267. The fourth-order valence-electron chi connectivity index (χ4n) is 4.41. The van der Waals surface area contributed by atoms with Crippen molar-refractivity contribution in [2.24, 2.45) is 0 Å². The first-order valence-corrected chi connectivity index (χ1v) is 11.1. The van der Waals surface area contributed by atoms with Gasteiger partial charge in [-0.25, -0.2) is 4.98 Å². The van der Waals surface area contributed by atoms with Crippen molar-refractivity contribution in [1.29, 1.82) is 0 Å². The highest BCUT2D eigenvalue weighted by molar-refractivity contribution is 7.14. The average molecular weight is 463 g/mol. The van der Waals surface area contributed by atoms with Crippen LogP contribution in [-0.4, -0.2) is 45.5 Å². The molecule has 11 heteroatoms. The molecule has 1 amide bonds. The number of nitrogens with one attached hydrogen (secondary N) is 2. The Kier molecular flexibility index (Phi) is 4.97. The highest BCUT2D eigenvalue weighted by atomic mass is 32.1. The Bertz CT molecular complexity index is 1140. The van der Waals surface area contributed by atoms with Crippen LogP contribution in [0.25, 0.3) is 11.3 Å². The van der Waals surface area contributed by atoms with E-state index in [4.69, 9.17) is 4.98 Å². The number of aliphatic hydroxyl groups is 1. The van der Waals surface area contributed by atoms with E-state index in [-0.39, 0.29) is 23.0 Å². The van der Waals surface area contributed by atoms with Crippen molar-refractivity contribution >= 4 is 28.2 Å². The van der Waals surface area contributed by atoms with E-state index in [9.17, 15) is 23.1 Å². The Morgan fingerprint density at radius 3 is 2.59 bits per heavy atom. The molecular formula is C21H20F3N5O2S. The second-order valence-electron chi connectivity index (χ2n) is 8.09. The molecule has 0 spiro atoms. The summed E-state index contributed by atoms with van der Waals surface area (Å²) in [5.74, 6) is -1.41. The third kappa shape index (κ3) is 3.45. The van der Waals surface area contributed by atoms with Gasteiger partial charge in [0.1, 0.15) is 0 Å². The number of amides is 1. The van der Waals surface area contributed by atoms with E-state index in [0.29, 0.717) is 25.9 Å². The molecule has 1 atom stereocenters. The van der Waals surface area contributed by atoms with E-state index in [2.05, 4.69) is 20.4 Å². The molecule has 0 saturated carbocycles. The summed E-state index contributed by atoms with van der Waals surface area (Å²) in [5, 5.41) is 22.2. The number of aromatic nitrogens is 3. The molecule has 32 heavy (non-hydrogen) atoms. The number of halogens is 3. The standard InChI is InChI=1S/C21H20F3N5O2S/c22-21(23,24)20(31)10-15(30)26-18-16(20)17(27-28-18)13-6-8-29(9-7-13)19-25-14(11-32-19)12-4-2-1-3-5-12/h1-5,11,13,31H,6-10H2,(H2,26,27,28,30). The predicted octanol–water partition coefficient (Wildman–Crippen LogP) is 4.01. The van der Waals surface area contributed by atoms with Crippen molar-refractivity contribution in [3.8, 4) is 11.3 Å². The van der Waals surface area contributed by atoms with Gasteiger partial charge in [-0.15, -0.1) is 11.3 Å². The largest absolute Gasteiger partial charge is 0.422 e. The lowest BCUT2D eigenvalue weighted by atomic mass is 9.81. The molecule has 0 radical (unpaired) electrons. The van der Waals surface area contributed by atoms with Crippen molar-refractivity contribution < 1.29 is 23.1 Å². The number of carbonyl (C=O) groups is 1. The van der Waals surface area contributed by atoms with E-state index in [0.717, 1.165) is 16.4 Å². The number of benzene rings is 1. The molecule has 7 nitrogen and oxygen atoms in total. The predicted molar refractivity (Wildman–Crippen MR) is 114 cm³/mol. The van der Waals surface area contributed by atoms with Gasteiger partial charge in [0, 0.05) is 35.6 Å². The first kappa shape index (κ1) is 21.0. The van der Waals surface area contributed by atoms with Crippen molar-refractivity contribution in [2.45, 2.75) is 37.0 Å². The Morgan fingerprint density at radius 2 is 1.91 bits per heavy atom. The normalized spacial score (nSPS) is 22.0. The van der Waals surface area contributed by atoms with Gasteiger partial charge in [0.15, 0.2) is 16.6 Å². The highest BCUT2D eigenvalue weighted by Gasteiger charge is 2.61. The molecule has 3 aromatic rings. The van der Waals surface area contributed by atoms with E-state index < -0.39 is 24.1 Å². The topological polar surface area (TPSA) is 94.1 Å². The Hall–Kier alpha value is -2.92. The number of hydrogen-bond acceptors (Lipinski definition) is 6. The second kappa shape index (κ2) is 7.59. The number of rotatable bonds is 3. The average Bonchev–Trinajstić information content (AvgIpc) is 3.41. The quantitative estimate of drug-likeness (QED) is 0.546. The van der Waals surface area contributed by atoms with Crippen molar-refractivity contribution in [2.75, 3.05) is 23.3 Å². The zero-order valence-corrected chi connectivity index (χ0v) is 17.6. The van der Waals surface area contributed by atoms with Crippen LogP contribution in [0.3, 0.4) is 0 Å². The van der Waals surface area contributed by atoms with Gasteiger partial charge in [-0.2, -0.15) is 18.3 Å². The number of H-pyrrole nitrogens is 1. The number of anilines is 2. The van der Waals surface area contributed by atoms with E-state index in [1.165, 1.54) is 11.3 Å². The Balaban J connectivity index is 1.35. The summed E-state index contributed by atoms with van der Waals surface area (Å²) in [4.78, 5) is 18.6. The third-order valence-corrected chi connectivity index (χ3v) is 6.99. The molecule has 1 aromatic carbocycles. The Labute approximate surface area is 185 Å². The van der Waals surface area contributed by atoms with E-state index in [1.807, 2.05) is 35.7 Å². The maximum absolute atomic E-state index is 13.7. The number of hydrogen-bond donors (Lipinski definition) is 3. The smallest absolute Gasteiger partial charge is 0.376 e. The number of carbonyl (C=O) groups excluding carboxylic acids is 1. The number of fused-ring (bicyclic) bond motifs is 1. The number of nitrogens with zero attached hydrogens (tertiary/aromatic N) is 3. The molecule has 3 N–H and O–H groups in total. The molecule has 4 heterocycles. The maximum Gasteiger partial charge on any atom is 0.422 e. The zero-order chi connectivity index (χ0) is 22.5. The van der Waals surface area contributed by atoms with Crippen LogP contribution in [0.15, 0.2) is 35.7 Å². The fourth-order valence-corrected chi connectivity index (χ4v) is 5.30. The summed E-state index contributed by atoms with van der Waals surface area (Å²) in [5.41, 5.74) is -1.44. The lowest BCUT2D eigenvalue weighted by Crippen LogP contribution is -2.48. The maximum atomic E-state index is 13.7. The van der Waals surface area contributed by atoms with Gasteiger partial charge in [-0.05, 0) is 12.8 Å². The first-order chi connectivity index (χ1) is 15.3. The molecule has 0 bridgehead atoms. The van der Waals surface area contributed by atoms with Gasteiger partial charge in [-0.3, -0.25) is 9.89 Å². The molecule has 2 aromatic heterocycles. The van der Waals surface area contributed by atoms with Crippen LogP contribution in [0.1, 0.15) is 36.4 Å². The lowest BCUT2D eigenvalue weighted by Gasteiger charge is -2.36. The number of thiazole rings is 1. The molecule has 2 aliphatic heterocycles. The van der Waals surface area contributed by atoms with Crippen LogP contribution < -0.4 is 10.2 Å². The van der Waals surface area contributed by atoms with Crippen LogP contribution in [0.5, 0.6) is 0 Å². The summed E-state index contributed by atoms with van der Waals surface area (Å²) >= 11 is 1.53. The van der Waals surface area contributed by atoms with Crippen LogP contribution in [0.4, 0.5) is 24.1 Å². The van der Waals surface area contributed by atoms with Crippen LogP contribution >= 0.6 is 11.3 Å². The highest BCUT2D eigenvalue weighted by Crippen LogP contribution is 2.50. The van der Waals surface area contributed by atoms with Crippen molar-refractivity contribution in [3.05, 3.63) is 47.0 Å². The second-order valence-corrected chi connectivity index (χ2v) is 8.92. The molecule has 1 saturated heterocycles. The molecule has 5 rings (SSSR count). The van der Waals surface area contributed by atoms with Crippen molar-refractivity contribution in [3.63, 3.8) is 0 Å². The van der Waals surface area contributed by atoms with E-state index >= 15 is 0 Å². The third-order valence-electron chi connectivity index (χ3n) is 6.09. The first-order valence-electron chi connectivity index (χ1n) is 10.2. The SMILES string of the molecule is O=C1CC(O)(C(F)(F)F)c2c(n[nH]c2C2CCN(c3nc(-c4ccccc4)cs3)CC2)N1. The number of piperidine rings is 1. The fraction of sp³-hybridized carbons (Fsp3) is 0.381. The summed E-state index contributed by atoms with van der Waals surface area (Å²) in [6.45, 7) is 1.22. The van der Waals surface area contributed by atoms with Gasteiger partial charge >= 0.3 is 6.18 Å². The molecule has 1 fully saturated rings. The molecule has 1 unspecified atom stereocenters. The van der Waals surface area contributed by atoms with Gasteiger partial charge in [0.05, 0.1) is 17.7 Å².